The molecule has 1 saturated heterocycles. The number of aliphatic hydroxyl groups is 3. The molecule has 3 spiro atoms. The van der Waals surface area contributed by atoms with Crippen LogP contribution in [-0.2, 0) is 60.5 Å². The fourth-order valence-corrected chi connectivity index (χ4v) is 25.4. The van der Waals surface area contributed by atoms with Gasteiger partial charge in [-0.25, -0.2) is 9.59 Å². The van der Waals surface area contributed by atoms with Crippen molar-refractivity contribution in [2.75, 3.05) is 26.9 Å². The highest BCUT2D eigenvalue weighted by molar-refractivity contribution is 5.91. The van der Waals surface area contributed by atoms with Crippen molar-refractivity contribution in [1.82, 2.24) is 0 Å². The molecule has 11 nitrogen and oxygen atoms in total. The standard InChI is InChI=1S/C94H94O11/c1-52(49-96)73-47-76-71-33-32-67-66-29-24-57-43-59(66)46-83(98)102-88-86-82(35-34-72-77(50-97)85(91(100)103-87(72)86)58(36-40-95)51-101-2)105-93(89(88)104-90(73)99)39-6-5-15-70(67)84(71)60(44-75-68-30-23-55-11-3-4-14-64(55)74(68)48-81(75)93)45-80(76)92(37-7-8-38-92)61-25-19-53(20-26-61)41-54-18-21-56-22-27-62-12-9-13-63-28-31-69-65(57)16-10-17-78(69)94(62,63)79(56)42-54/h3-4,10-11,14,16-27,29-30,32-35,42,57-60,62-63,66,68,74-76,80-81,88-89,95-97H,7-9,12-13,15,28,31,36-41,43-51H2,1-2H3/b73-52-/t57-,58+,59+,60+,62+,63-,66+,68-,74+,75+,76-,80-,81+,88+,89-,93-,94-/m0/s1. The maximum atomic E-state index is 17.0. The van der Waals surface area contributed by atoms with Crippen LogP contribution in [0.2, 0.25) is 0 Å². The Bertz CT molecular complexity index is 5020. The zero-order valence-corrected chi connectivity index (χ0v) is 60.4. The van der Waals surface area contributed by atoms with E-state index in [0.717, 1.165) is 64.2 Å². The second kappa shape index (κ2) is 25.4. The van der Waals surface area contributed by atoms with Crippen LogP contribution in [0.15, 0.2) is 154 Å². The summed E-state index contributed by atoms with van der Waals surface area (Å²) < 4.78 is 35.7. The van der Waals surface area contributed by atoms with Crippen LogP contribution in [0, 0.1) is 53.3 Å². The van der Waals surface area contributed by atoms with Gasteiger partial charge in [-0.05, 0) is 250 Å². The van der Waals surface area contributed by atoms with Crippen molar-refractivity contribution in [2.24, 2.45) is 41.4 Å². The number of hydrogen-bond donors (Lipinski definition) is 3. The molecule has 3 aliphatic heterocycles. The predicted octanol–water partition coefficient (Wildman–Crippen LogP) is 17.0. The van der Waals surface area contributed by atoms with Crippen LogP contribution < -0.4 is 10.4 Å². The monoisotopic (exact) mass is 1400 g/mol. The van der Waals surface area contributed by atoms with E-state index in [-0.39, 0.29) is 126 Å². The van der Waals surface area contributed by atoms with E-state index in [1.807, 2.05) is 19.1 Å². The number of fused-ring (bicyclic) bond motifs is 9. The van der Waals surface area contributed by atoms with Crippen LogP contribution >= 0.6 is 0 Å². The van der Waals surface area contributed by atoms with Gasteiger partial charge >= 0.3 is 17.6 Å². The first-order chi connectivity index (χ1) is 51.4. The molecule has 4 fully saturated rings. The summed E-state index contributed by atoms with van der Waals surface area (Å²) in [5, 5.41) is 34.2. The molecule has 3 saturated carbocycles. The highest BCUT2D eigenvalue weighted by atomic mass is 16.6. The molecule has 7 aromatic rings. The lowest BCUT2D eigenvalue weighted by Crippen LogP contribution is -2.61. The number of hydrogen-bond acceptors (Lipinski definition) is 11. The Kier molecular flexibility index (Phi) is 16.0. The molecule has 536 valence electrons. The Balaban J connectivity index is 0.883. The maximum absolute atomic E-state index is 17.0. The largest absolute Gasteiger partial charge is 0.481 e. The van der Waals surface area contributed by atoms with Crippen LogP contribution in [-0.4, -0.2) is 65.9 Å². The Morgan fingerprint density at radius 2 is 1.55 bits per heavy atom. The first-order valence-corrected chi connectivity index (χ1v) is 39.8. The fraction of sp³-hybridized carbons (Fsp3) is 0.457. The van der Waals surface area contributed by atoms with E-state index in [1.165, 1.54) is 90.7 Å². The minimum atomic E-state index is -1.50. The Morgan fingerprint density at radius 3 is 2.40 bits per heavy atom. The molecule has 4 heterocycles. The molecule has 27 rings (SSSR count). The number of allylic oxidation sites excluding steroid dienone is 4. The van der Waals surface area contributed by atoms with Crippen molar-refractivity contribution in [1.29, 1.82) is 0 Å². The fourth-order valence-electron chi connectivity index (χ4n) is 25.4. The Morgan fingerprint density at radius 1 is 0.714 bits per heavy atom. The summed E-state index contributed by atoms with van der Waals surface area (Å²) in [5.41, 5.74) is 17.6. The molecule has 6 aromatic carbocycles. The number of benzene rings is 6. The number of carbonyl (C=O) groups is 2. The number of ether oxygens (including phenoxy) is 4. The third-order valence-electron chi connectivity index (χ3n) is 29.7. The van der Waals surface area contributed by atoms with Gasteiger partial charge in [-0.15, -0.1) is 0 Å². The minimum absolute atomic E-state index is 0.0145. The van der Waals surface area contributed by atoms with Gasteiger partial charge in [0.1, 0.15) is 11.3 Å². The molecule has 11 heteroatoms. The van der Waals surface area contributed by atoms with Gasteiger partial charge in [0.15, 0.2) is 17.8 Å². The van der Waals surface area contributed by atoms with Crippen LogP contribution in [0.25, 0.3) is 23.1 Å². The van der Waals surface area contributed by atoms with Gasteiger partial charge in [-0.1, -0.05) is 165 Å². The smallest absolute Gasteiger partial charge is 0.340 e. The maximum Gasteiger partial charge on any atom is 0.340 e. The lowest BCUT2D eigenvalue weighted by Gasteiger charge is -2.55. The van der Waals surface area contributed by atoms with E-state index in [0.29, 0.717) is 65.4 Å². The molecule has 3 N–H and O–H groups in total. The third kappa shape index (κ3) is 9.86. The van der Waals surface area contributed by atoms with Gasteiger partial charge in [0.05, 0.1) is 31.8 Å². The topological polar surface area (TPSA) is 162 Å². The number of aliphatic hydroxyl groups excluding tert-OH is 3. The lowest BCUT2D eigenvalue weighted by molar-refractivity contribution is -0.205. The van der Waals surface area contributed by atoms with E-state index >= 15 is 14.4 Å². The van der Waals surface area contributed by atoms with E-state index in [4.69, 9.17) is 23.4 Å². The highest BCUT2D eigenvalue weighted by Crippen LogP contribution is 2.68. The van der Waals surface area contributed by atoms with E-state index < -0.39 is 47.9 Å². The summed E-state index contributed by atoms with van der Waals surface area (Å²) in [6.07, 6.45) is 26.6. The summed E-state index contributed by atoms with van der Waals surface area (Å²) in [7, 11) is 1.54. The predicted molar refractivity (Wildman–Crippen MR) is 404 cm³/mol. The van der Waals surface area contributed by atoms with Crippen molar-refractivity contribution < 1.29 is 48.3 Å². The zero-order valence-electron chi connectivity index (χ0n) is 60.4. The molecule has 17 atom stereocenters. The second-order valence-electron chi connectivity index (χ2n) is 34.0. The van der Waals surface area contributed by atoms with Gasteiger partial charge < -0.3 is 38.7 Å². The highest BCUT2D eigenvalue weighted by Gasteiger charge is 2.66. The van der Waals surface area contributed by atoms with Gasteiger partial charge in [-0.2, -0.15) is 0 Å². The number of rotatable bonds is 7. The normalized spacial score (nSPS) is 32.8. The molecular weight excluding hydrogens is 1310 g/mol. The molecule has 0 amide bonds. The molecule has 105 heavy (non-hydrogen) atoms. The molecule has 1 aromatic heterocycles. The number of esters is 2. The van der Waals surface area contributed by atoms with Crippen molar-refractivity contribution in [3.05, 3.63) is 250 Å². The third-order valence-corrected chi connectivity index (χ3v) is 29.7. The summed E-state index contributed by atoms with van der Waals surface area (Å²) in [4.78, 5) is 48.9. The van der Waals surface area contributed by atoms with E-state index in [2.05, 4.69) is 145 Å². The van der Waals surface area contributed by atoms with Gasteiger partial charge in [-0.3, -0.25) is 4.79 Å². The summed E-state index contributed by atoms with van der Waals surface area (Å²) >= 11 is 0. The van der Waals surface area contributed by atoms with Crippen LogP contribution in [0.3, 0.4) is 0 Å². The number of methoxy groups -OCH3 is 1. The van der Waals surface area contributed by atoms with Gasteiger partial charge in [0, 0.05) is 72.2 Å². The van der Waals surface area contributed by atoms with Crippen molar-refractivity contribution in [3.8, 4) is 17.6 Å². The van der Waals surface area contributed by atoms with Crippen LogP contribution in [0.5, 0.6) is 5.75 Å². The molecule has 20 aliphatic rings. The summed E-state index contributed by atoms with van der Waals surface area (Å²) in [6.45, 7) is 0.754. The van der Waals surface area contributed by atoms with Gasteiger partial charge in [0.25, 0.3) is 0 Å². The van der Waals surface area contributed by atoms with Crippen molar-refractivity contribution >= 4 is 35.1 Å². The van der Waals surface area contributed by atoms with Crippen molar-refractivity contribution in [2.45, 2.75) is 200 Å². The average molecular weight is 1400 g/mol. The quantitative estimate of drug-likeness (QED) is 0.0458. The molecule has 20 bridgehead atoms. The van der Waals surface area contributed by atoms with E-state index in [9.17, 15) is 15.3 Å². The first kappa shape index (κ1) is 66.1. The Labute approximate surface area is 615 Å². The molecule has 0 unspecified atom stereocenters. The van der Waals surface area contributed by atoms with E-state index in [1.54, 1.807) is 7.11 Å². The average Bonchev–Trinajstić information content (AvgIpc) is 1.45. The molecule has 0 radical (unpaired) electrons. The van der Waals surface area contributed by atoms with Crippen molar-refractivity contribution in [3.63, 3.8) is 0 Å². The first-order valence-electron chi connectivity index (χ1n) is 39.8. The Hall–Kier alpha value is -8.37. The summed E-state index contributed by atoms with van der Waals surface area (Å²) in [5.74, 6) is 6.17. The molecular formula is C94H94O11. The SMILES string of the molecule is COC[C@@H](CCO)c1c(CO)c2ccc3c(c2oc1=O)[C@H]1OC(=O)C[C@H]2C[C@@H]4C=C[C@H]2c2ccc5c6c2CC#CC[C@]2(O3)[C@@H]3C[C@@H]7c8ccccc8C=C[C@@H]7[C@H]3C[C@@H]6C[C@@H]([C@H]5C/C(=C(\C)CO)C(=O)O[C@@H]12)C1(CCCC1)c1ccc(cc1)Cc1ccc2c(c1)[C@]13c5cccc4c5CC[C@@H]1CCC[C@@H]3C=C2. The molecule has 17 aliphatic carbocycles. The second-order valence-corrected chi connectivity index (χ2v) is 34.0. The number of carbonyl (C=O) groups excluding carboxylic acids is 2. The minimum Gasteiger partial charge on any atom is -0.481 e. The zero-order chi connectivity index (χ0) is 70.8. The van der Waals surface area contributed by atoms with Crippen LogP contribution in [0.4, 0.5) is 0 Å². The lowest BCUT2D eigenvalue weighted by atomic mass is 9.48. The summed E-state index contributed by atoms with van der Waals surface area (Å²) in [6, 6.07) is 41.8. The van der Waals surface area contributed by atoms with Gasteiger partial charge in [0.2, 0.25) is 0 Å². The van der Waals surface area contributed by atoms with Crippen LogP contribution in [0.1, 0.15) is 246 Å².